The quantitative estimate of drug-likeness (QED) is 0.714. The van der Waals surface area contributed by atoms with Crippen LogP contribution in [0.1, 0.15) is 18.4 Å². The smallest absolute Gasteiger partial charge is 0.124 e. The minimum Gasteiger partial charge on any atom is -0.492 e. The first-order chi connectivity index (χ1) is 7.33. The van der Waals surface area contributed by atoms with E-state index in [1.54, 1.807) is 0 Å². The van der Waals surface area contributed by atoms with Crippen LogP contribution in [0, 0.1) is 0 Å². The number of ether oxygens (including phenoxy) is 1. The van der Waals surface area contributed by atoms with Crippen LogP contribution in [0.15, 0.2) is 18.2 Å². The van der Waals surface area contributed by atoms with Gasteiger partial charge in [-0.15, -0.1) is 0 Å². The van der Waals surface area contributed by atoms with Crippen molar-refractivity contribution in [1.29, 1.82) is 0 Å². The number of fused-ring (bicyclic) bond motifs is 1. The van der Waals surface area contributed by atoms with E-state index < -0.39 is 0 Å². The summed E-state index contributed by atoms with van der Waals surface area (Å²) in [6, 6.07) is 7.06. The molecule has 1 aliphatic carbocycles. The van der Waals surface area contributed by atoms with Gasteiger partial charge in [0.2, 0.25) is 0 Å². The van der Waals surface area contributed by atoms with Crippen LogP contribution in [0.5, 0.6) is 5.75 Å². The number of hydrogen-bond acceptors (Lipinski definition) is 3. The summed E-state index contributed by atoms with van der Waals surface area (Å²) in [5.41, 5.74) is 7.97. The van der Waals surface area contributed by atoms with Crippen molar-refractivity contribution in [3.8, 4) is 5.75 Å². The fourth-order valence-corrected chi connectivity index (χ4v) is 2.12. The van der Waals surface area contributed by atoms with Crippen molar-refractivity contribution in [3.63, 3.8) is 0 Å². The summed E-state index contributed by atoms with van der Waals surface area (Å²) >= 11 is 0. The lowest BCUT2D eigenvalue weighted by Crippen LogP contribution is -2.40. The molecule has 1 aliphatic heterocycles. The van der Waals surface area contributed by atoms with E-state index in [4.69, 9.17) is 10.5 Å². The molecule has 15 heavy (non-hydrogen) atoms. The lowest BCUT2D eigenvalue weighted by Gasteiger charge is -2.27. The molecule has 1 unspecified atom stereocenters. The number of rotatable bonds is 2. The highest BCUT2D eigenvalue weighted by Gasteiger charge is 2.28. The molecular formula is C12H16N2O. The van der Waals surface area contributed by atoms with Crippen LogP contribution in [0.25, 0.3) is 0 Å². The van der Waals surface area contributed by atoms with E-state index in [2.05, 4.69) is 5.32 Å². The van der Waals surface area contributed by atoms with E-state index in [0.29, 0.717) is 6.04 Å². The van der Waals surface area contributed by atoms with Gasteiger partial charge in [0.15, 0.2) is 0 Å². The Labute approximate surface area is 89.6 Å². The summed E-state index contributed by atoms with van der Waals surface area (Å²) in [6.07, 6.45) is 3.62. The zero-order valence-corrected chi connectivity index (χ0v) is 8.70. The molecule has 0 radical (unpaired) electrons. The van der Waals surface area contributed by atoms with Gasteiger partial charge in [-0.2, -0.15) is 0 Å². The molecule has 1 aromatic carbocycles. The van der Waals surface area contributed by atoms with Gasteiger partial charge in [-0.25, -0.2) is 0 Å². The maximum atomic E-state index is 5.94. The van der Waals surface area contributed by atoms with Gasteiger partial charge in [0, 0.05) is 23.3 Å². The predicted molar refractivity (Wildman–Crippen MR) is 60.0 cm³/mol. The van der Waals surface area contributed by atoms with E-state index >= 15 is 0 Å². The summed E-state index contributed by atoms with van der Waals surface area (Å²) in [4.78, 5) is 0. The lowest BCUT2D eigenvalue weighted by molar-refractivity contribution is 0.238. The van der Waals surface area contributed by atoms with Gasteiger partial charge < -0.3 is 15.8 Å². The first-order valence-corrected chi connectivity index (χ1v) is 5.59. The predicted octanol–water partition coefficient (Wildman–Crippen LogP) is 1.32. The fourth-order valence-electron chi connectivity index (χ4n) is 2.12. The van der Waals surface area contributed by atoms with E-state index in [1.807, 2.05) is 18.2 Å². The Hall–Kier alpha value is -1.22. The zero-order valence-electron chi connectivity index (χ0n) is 8.70. The molecule has 1 saturated carbocycles. The minimum absolute atomic E-state index is 0.440. The molecular weight excluding hydrogens is 188 g/mol. The van der Waals surface area contributed by atoms with Gasteiger partial charge in [-0.05, 0) is 31.4 Å². The minimum atomic E-state index is 0.440. The summed E-state index contributed by atoms with van der Waals surface area (Å²) in [6.45, 7) is 0.771. The molecule has 1 fully saturated rings. The molecule has 1 aromatic rings. The van der Waals surface area contributed by atoms with Crippen molar-refractivity contribution in [1.82, 2.24) is 5.32 Å². The van der Waals surface area contributed by atoms with Gasteiger partial charge in [0.05, 0.1) is 0 Å². The third-order valence-corrected chi connectivity index (χ3v) is 3.11. The summed E-state index contributed by atoms with van der Waals surface area (Å²) in [7, 11) is 0. The van der Waals surface area contributed by atoms with Crippen molar-refractivity contribution in [2.75, 3.05) is 12.3 Å². The second-order valence-electron chi connectivity index (χ2n) is 4.48. The molecule has 80 valence electrons. The second kappa shape index (κ2) is 3.42. The van der Waals surface area contributed by atoms with Crippen molar-refractivity contribution in [3.05, 3.63) is 23.8 Å². The average Bonchev–Trinajstić information content (AvgIpc) is 3.03. The Morgan fingerprint density at radius 3 is 2.93 bits per heavy atom. The van der Waals surface area contributed by atoms with Crippen LogP contribution in [0.3, 0.4) is 0 Å². The van der Waals surface area contributed by atoms with Crippen molar-refractivity contribution in [2.45, 2.75) is 31.3 Å². The van der Waals surface area contributed by atoms with Crippen molar-refractivity contribution < 1.29 is 4.74 Å². The van der Waals surface area contributed by atoms with Crippen LogP contribution < -0.4 is 15.8 Å². The molecule has 0 spiro atoms. The molecule has 3 nitrogen and oxygen atoms in total. The molecule has 0 aromatic heterocycles. The molecule has 3 N–H and O–H groups in total. The summed E-state index contributed by atoms with van der Waals surface area (Å²) in [5.74, 6) is 0.962. The van der Waals surface area contributed by atoms with E-state index in [9.17, 15) is 0 Å². The fraction of sp³-hybridized carbons (Fsp3) is 0.500. The van der Waals surface area contributed by atoms with Crippen LogP contribution in [-0.4, -0.2) is 18.7 Å². The average molecular weight is 204 g/mol. The SMILES string of the molecule is Nc1cccc2c1CC(NC1CC1)CO2. The second-order valence-corrected chi connectivity index (χ2v) is 4.48. The topological polar surface area (TPSA) is 47.3 Å². The Kier molecular flexibility index (Phi) is 2.06. The molecule has 3 heteroatoms. The molecule has 1 atom stereocenters. The molecule has 3 rings (SSSR count). The molecule has 0 bridgehead atoms. The normalized spacial score (nSPS) is 24.4. The van der Waals surface area contributed by atoms with E-state index in [-0.39, 0.29) is 0 Å². The number of benzene rings is 1. The first kappa shape index (κ1) is 9.04. The van der Waals surface area contributed by atoms with E-state index in [0.717, 1.165) is 30.5 Å². The first-order valence-electron chi connectivity index (χ1n) is 5.59. The number of nitrogen functional groups attached to an aromatic ring is 1. The van der Waals surface area contributed by atoms with Crippen LogP contribution in [0.2, 0.25) is 0 Å². The van der Waals surface area contributed by atoms with Gasteiger partial charge in [0.1, 0.15) is 12.4 Å². The number of anilines is 1. The third kappa shape index (κ3) is 1.79. The maximum absolute atomic E-state index is 5.94. The highest BCUT2D eigenvalue weighted by molar-refractivity contribution is 5.55. The third-order valence-electron chi connectivity index (χ3n) is 3.11. The summed E-state index contributed by atoms with van der Waals surface area (Å²) < 4.78 is 5.70. The molecule has 0 amide bonds. The Morgan fingerprint density at radius 1 is 1.27 bits per heavy atom. The summed E-state index contributed by atoms with van der Waals surface area (Å²) in [5, 5.41) is 3.58. The Bertz CT molecular complexity index is 374. The van der Waals surface area contributed by atoms with Gasteiger partial charge in [-0.3, -0.25) is 0 Å². The Morgan fingerprint density at radius 2 is 2.13 bits per heavy atom. The maximum Gasteiger partial charge on any atom is 0.124 e. The molecule has 2 aliphatic rings. The number of nitrogens with one attached hydrogen (secondary N) is 1. The molecule has 1 heterocycles. The Balaban J connectivity index is 1.78. The van der Waals surface area contributed by atoms with Crippen LogP contribution in [-0.2, 0) is 6.42 Å². The highest BCUT2D eigenvalue weighted by atomic mass is 16.5. The van der Waals surface area contributed by atoms with E-state index in [1.165, 1.54) is 18.4 Å². The van der Waals surface area contributed by atoms with Crippen LogP contribution >= 0.6 is 0 Å². The van der Waals surface area contributed by atoms with Gasteiger partial charge in [0.25, 0.3) is 0 Å². The van der Waals surface area contributed by atoms with Gasteiger partial charge >= 0.3 is 0 Å². The number of hydrogen-bond donors (Lipinski definition) is 2. The van der Waals surface area contributed by atoms with Crippen molar-refractivity contribution in [2.24, 2.45) is 0 Å². The van der Waals surface area contributed by atoms with Crippen LogP contribution in [0.4, 0.5) is 5.69 Å². The van der Waals surface area contributed by atoms with Crippen molar-refractivity contribution >= 4 is 5.69 Å². The molecule has 0 saturated heterocycles. The number of nitrogens with two attached hydrogens (primary N) is 1. The monoisotopic (exact) mass is 204 g/mol. The zero-order chi connectivity index (χ0) is 10.3. The van der Waals surface area contributed by atoms with Gasteiger partial charge in [-0.1, -0.05) is 6.07 Å². The lowest BCUT2D eigenvalue weighted by atomic mass is 10.0. The standard InChI is InChI=1S/C12H16N2O/c13-11-2-1-3-12-10(11)6-9(7-15-12)14-8-4-5-8/h1-3,8-9,14H,4-7,13H2. The highest BCUT2D eigenvalue weighted by Crippen LogP contribution is 2.30. The largest absolute Gasteiger partial charge is 0.492 e.